The van der Waals surface area contributed by atoms with E-state index in [4.69, 9.17) is 0 Å². The second-order valence-electron chi connectivity index (χ2n) is 4.72. The van der Waals surface area contributed by atoms with Gasteiger partial charge in [-0.25, -0.2) is 4.98 Å². The highest BCUT2D eigenvalue weighted by Gasteiger charge is 2.07. The van der Waals surface area contributed by atoms with Crippen LogP contribution in [0.2, 0.25) is 0 Å². The lowest BCUT2D eigenvalue weighted by atomic mass is 10.2. The van der Waals surface area contributed by atoms with Gasteiger partial charge in [0.25, 0.3) is 0 Å². The number of aromatic nitrogens is 1. The Kier molecular flexibility index (Phi) is 5.15. The molecule has 0 bridgehead atoms. The number of pyridine rings is 1. The number of hydrogen-bond acceptors (Lipinski definition) is 4. The second kappa shape index (κ2) is 7.28. The fourth-order valence-corrected chi connectivity index (χ4v) is 1.84. The molecule has 2 aromatic rings. The molecule has 1 aromatic carbocycles. The summed E-state index contributed by atoms with van der Waals surface area (Å²) in [4.78, 5) is 16.1. The van der Waals surface area contributed by atoms with E-state index in [1.807, 2.05) is 0 Å². The van der Waals surface area contributed by atoms with Crippen LogP contribution in [0.1, 0.15) is 26.2 Å². The molecular formula is C16H19N3O2. The van der Waals surface area contributed by atoms with Gasteiger partial charge in [0.15, 0.2) is 5.82 Å². The van der Waals surface area contributed by atoms with Gasteiger partial charge in [-0.1, -0.05) is 13.3 Å². The molecule has 3 N–H and O–H groups in total. The molecule has 1 aromatic heterocycles. The van der Waals surface area contributed by atoms with E-state index in [2.05, 4.69) is 22.5 Å². The Morgan fingerprint density at radius 1 is 1.24 bits per heavy atom. The number of amides is 1. The molecule has 0 spiro atoms. The number of nitrogens with one attached hydrogen (secondary N) is 2. The number of nitrogens with zero attached hydrogens (tertiary/aromatic N) is 1. The molecule has 2 rings (SSSR count). The van der Waals surface area contributed by atoms with Gasteiger partial charge in [0, 0.05) is 18.3 Å². The largest absolute Gasteiger partial charge is 0.508 e. The Bertz CT molecular complexity index is 597. The van der Waals surface area contributed by atoms with E-state index in [-0.39, 0.29) is 11.7 Å². The first-order valence-electron chi connectivity index (χ1n) is 7.00. The maximum Gasteiger partial charge on any atom is 0.224 e. The molecule has 0 radical (unpaired) electrons. The van der Waals surface area contributed by atoms with Crippen molar-refractivity contribution in [2.24, 2.45) is 0 Å². The predicted octanol–water partition coefficient (Wildman–Crippen LogP) is 3.66. The SMILES string of the molecule is CCCCC(=O)Nc1cccnc1Nc1ccc(O)cc1. The fraction of sp³-hybridized carbons (Fsp3) is 0.250. The summed E-state index contributed by atoms with van der Waals surface area (Å²) >= 11 is 0. The van der Waals surface area contributed by atoms with E-state index < -0.39 is 0 Å². The van der Waals surface area contributed by atoms with Crippen LogP contribution in [-0.4, -0.2) is 16.0 Å². The molecule has 0 aliphatic carbocycles. The zero-order valence-electron chi connectivity index (χ0n) is 12.0. The van der Waals surface area contributed by atoms with Crippen LogP contribution in [0.15, 0.2) is 42.6 Å². The Morgan fingerprint density at radius 2 is 2.00 bits per heavy atom. The first-order valence-corrected chi connectivity index (χ1v) is 7.00. The molecule has 0 fully saturated rings. The number of benzene rings is 1. The highest BCUT2D eigenvalue weighted by Crippen LogP contribution is 2.24. The van der Waals surface area contributed by atoms with E-state index in [1.54, 1.807) is 42.6 Å². The molecule has 21 heavy (non-hydrogen) atoms. The van der Waals surface area contributed by atoms with Crippen LogP contribution in [0.3, 0.4) is 0 Å². The van der Waals surface area contributed by atoms with Gasteiger partial charge in [0.05, 0.1) is 5.69 Å². The summed E-state index contributed by atoms with van der Waals surface area (Å²) in [6.45, 7) is 2.05. The van der Waals surface area contributed by atoms with Crippen molar-refractivity contribution in [3.05, 3.63) is 42.6 Å². The van der Waals surface area contributed by atoms with Crippen molar-refractivity contribution in [1.82, 2.24) is 4.98 Å². The molecule has 110 valence electrons. The summed E-state index contributed by atoms with van der Waals surface area (Å²) in [7, 11) is 0. The van der Waals surface area contributed by atoms with Gasteiger partial charge in [0.2, 0.25) is 5.91 Å². The lowest BCUT2D eigenvalue weighted by molar-refractivity contribution is -0.116. The van der Waals surface area contributed by atoms with Crippen LogP contribution in [0.4, 0.5) is 17.2 Å². The number of unbranched alkanes of at least 4 members (excludes halogenated alkanes) is 1. The summed E-state index contributed by atoms with van der Waals surface area (Å²) in [5.41, 5.74) is 1.43. The molecule has 5 nitrogen and oxygen atoms in total. The summed E-state index contributed by atoms with van der Waals surface area (Å²) in [6, 6.07) is 10.2. The van der Waals surface area contributed by atoms with Crippen LogP contribution in [0, 0.1) is 0 Å². The van der Waals surface area contributed by atoms with Crippen molar-refractivity contribution in [3.8, 4) is 5.75 Å². The summed E-state index contributed by atoms with van der Waals surface area (Å²) in [5.74, 6) is 0.765. The van der Waals surface area contributed by atoms with E-state index in [0.29, 0.717) is 17.9 Å². The fourth-order valence-electron chi connectivity index (χ4n) is 1.84. The number of hydrogen-bond donors (Lipinski definition) is 3. The maximum absolute atomic E-state index is 11.8. The third-order valence-electron chi connectivity index (χ3n) is 2.97. The minimum Gasteiger partial charge on any atom is -0.508 e. The average Bonchev–Trinajstić information content (AvgIpc) is 2.49. The summed E-state index contributed by atoms with van der Waals surface area (Å²) < 4.78 is 0. The van der Waals surface area contributed by atoms with E-state index in [0.717, 1.165) is 18.5 Å². The normalized spacial score (nSPS) is 10.1. The molecule has 0 saturated carbocycles. The minimum atomic E-state index is -0.0152. The summed E-state index contributed by atoms with van der Waals surface area (Å²) in [5, 5.41) is 15.3. The van der Waals surface area contributed by atoms with E-state index >= 15 is 0 Å². The molecular weight excluding hydrogens is 266 g/mol. The maximum atomic E-state index is 11.8. The smallest absolute Gasteiger partial charge is 0.224 e. The Balaban J connectivity index is 2.09. The third-order valence-corrected chi connectivity index (χ3v) is 2.97. The lowest BCUT2D eigenvalue weighted by Crippen LogP contribution is -2.12. The number of carbonyl (C=O) groups is 1. The number of phenolic OH excluding ortho intramolecular Hbond substituents is 1. The number of phenols is 1. The topological polar surface area (TPSA) is 74.2 Å². The second-order valence-corrected chi connectivity index (χ2v) is 4.72. The molecule has 0 unspecified atom stereocenters. The van der Waals surface area contributed by atoms with Crippen molar-refractivity contribution in [3.63, 3.8) is 0 Å². The van der Waals surface area contributed by atoms with Crippen molar-refractivity contribution < 1.29 is 9.90 Å². The average molecular weight is 285 g/mol. The quantitative estimate of drug-likeness (QED) is 0.708. The van der Waals surface area contributed by atoms with Gasteiger partial charge in [0.1, 0.15) is 5.75 Å². The Labute approximate surface area is 124 Å². The molecule has 0 aliphatic rings. The molecule has 0 atom stereocenters. The highest BCUT2D eigenvalue weighted by atomic mass is 16.3. The van der Waals surface area contributed by atoms with Gasteiger partial charge >= 0.3 is 0 Å². The molecule has 1 amide bonds. The third kappa shape index (κ3) is 4.49. The predicted molar refractivity (Wildman–Crippen MR) is 83.8 cm³/mol. The number of rotatable bonds is 6. The molecule has 5 heteroatoms. The first-order chi connectivity index (χ1) is 10.2. The molecule has 0 saturated heterocycles. The zero-order chi connectivity index (χ0) is 15.1. The number of carbonyl (C=O) groups excluding carboxylic acids is 1. The molecule has 1 heterocycles. The Morgan fingerprint density at radius 3 is 2.71 bits per heavy atom. The van der Waals surface area contributed by atoms with Crippen molar-refractivity contribution in [2.45, 2.75) is 26.2 Å². The lowest BCUT2D eigenvalue weighted by Gasteiger charge is -2.12. The van der Waals surface area contributed by atoms with Crippen LogP contribution < -0.4 is 10.6 Å². The van der Waals surface area contributed by atoms with Gasteiger partial charge in [-0.05, 0) is 42.8 Å². The van der Waals surface area contributed by atoms with Crippen molar-refractivity contribution in [1.29, 1.82) is 0 Å². The van der Waals surface area contributed by atoms with Crippen LogP contribution in [0.5, 0.6) is 5.75 Å². The Hall–Kier alpha value is -2.56. The number of anilines is 3. The molecule has 0 aliphatic heterocycles. The van der Waals surface area contributed by atoms with Gasteiger partial charge < -0.3 is 15.7 Å². The minimum absolute atomic E-state index is 0.0152. The van der Waals surface area contributed by atoms with Crippen molar-refractivity contribution in [2.75, 3.05) is 10.6 Å². The standard InChI is InChI=1S/C16H19N3O2/c1-2-3-6-15(21)19-14-5-4-11-17-16(14)18-12-7-9-13(20)10-8-12/h4-5,7-11,20H,2-3,6H2,1H3,(H,17,18)(H,19,21). The first kappa shape index (κ1) is 14.8. The van der Waals surface area contributed by atoms with Gasteiger partial charge in [-0.15, -0.1) is 0 Å². The van der Waals surface area contributed by atoms with E-state index in [1.165, 1.54) is 0 Å². The highest BCUT2D eigenvalue weighted by molar-refractivity contribution is 5.93. The van der Waals surface area contributed by atoms with Crippen LogP contribution in [-0.2, 0) is 4.79 Å². The van der Waals surface area contributed by atoms with Gasteiger partial charge in [-0.3, -0.25) is 4.79 Å². The summed E-state index contributed by atoms with van der Waals surface area (Å²) in [6.07, 6.45) is 4.01. The zero-order valence-corrected chi connectivity index (χ0v) is 12.0. The van der Waals surface area contributed by atoms with Gasteiger partial charge in [-0.2, -0.15) is 0 Å². The van der Waals surface area contributed by atoms with Crippen molar-refractivity contribution >= 4 is 23.1 Å². The van der Waals surface area contributed by atoms with Crippen LogP contribution in [0.25, 0.3) is 0 Å². The van der Waals surface area contributed by atoms with Crippen LogP contribution >= 0.6 is 0 Å². The van der Waals surface area contributed by atoms with E-state index in [9.17, 15) is 9.90 Å². The monoisotopic (exact) mass is 285 g/mol. The number of aromatic hydroxyl groups is 1.